The van der Waals surface area contributed by atoms with E-state index in [4.69, 9.17) is 16.3 Å². The van der Waals surface area contributed by atoms with Gasteiger partial charge in [-0.05, 0) is 56.6 Å². The third-order valence-electron chi connectivity index (χ3n) is 4.25. The first kappa shape index (κ1) is 19.9. The van der Waals surface area contributed by atoms with Gasteiger partial charge >= 0.3 is 0 Å². The van der Waals surface area contributed by atoms with Crippen molar-refractivity contribution in [2.75, 3.05) is 34.3 Å². The van der Waals surface area contributed by atoms with Gasteiger partial charge < -0.3 is 15.0 Å². The maximum Gasteiger partial charge on any atom is 0.270 e. The summed E-state index contributed by atoms with van der Waals surface area (Å²) in [6, 6.07) is 16.6. The Kier molecular flexibility index (Phi) is 6.34. The lowest BCUT2D eigenvalue weighted by Gasteiger charge is -2.12. The number of aromatic nitrogens is 2. The van der Waals surface area contributed by atoms with Gasteiger partial charge in [0.2, 0.25) is 0 Å². The Balaban J connectivity index is 1.99. The van der Waals surface area contributed by atoms with E-state index in [0.29, 0.717) is 28.6 Å². The standard InChI is InChI=1S/C21H23ClN4O2/c1-25(2)13-12-23-21(27)20-14-18(15-8-10-16(28-3)11-9-15)24-26(20)19-7-5-4-6-17(19)22/h4-11,14H,12-13H2,1-3H3,(H,23,27). The van der Waals surface area contributed by atoms with Crippen LogP contribution in [0.4, 0.5) is 0 Å². The van der Waals surface area contributed by atoms with Crippen LogP contribution in [0, 0.1) is 0 Å². The Morgan fingerprint density at radius 2 is 1.89 bits per heavy atom. The highest BCUT2D eigenvalue weighted by molar-refractivity contribution is 6.32. The van der Waals surface area contributed by atoms with E-state index < -0.39 is 0 Å². The highest BCUT2D eigenvalue weighted by Gasteiger charge is 2.19. The number of rotatable bonds is 7. The zero-order chi connectivity index (χ0) is 20.1. The topological polar surface area (TPSA) is 59.4 Å². The van der Waals surface area contributed by atoms with Gasteiger partial charge in [0.25, 0.3) is 5.91 Å². The molecule has 1 N–H and O–H groups in total. The van der Waals surface area contributed by atoms with Crippen molar-refractivity contribution in [3.8, 4) is 22.7 Å². The molecule has 0 fully saturated rings. The number of ether oxygens (including phenoxy) is 1. The molecule has 0 aliphatic rings. The smallest absolute Gasteiger partial charge is 0.270 e. The number of hydrogen-bond acceptors (Lipinski definition) is 4. The minimum Gasteiger partial charge on any atom is -0.497 e. The summed E-state index contributed by atoms with van der Waals surface area (Å²) in [4.78, 5) is 14.8. The Hall–Kier alpha value is -2.83. The number of benzene rings is 2. The van der Waals surface area contributed by atoms with Gasteiger partial charge in [-0.25, -0.2) is 4.68 Å². The van der Waals surface area contributed by atoms with Gasteiger partial charge in [-0.3, -0.25) is 4.79 Å². The van der Waals surface area contributed by atoms with Crippen LogP contribution in [0.5, 0.6) is 5.75 Å². The minimum atomic E-state index is -0.200. The van der Waals surface area contributed by atoms with Crippen molar-refractivity contribution in [2.45, 2.75) is 0 Å². The highest BCUT2D eigenvalue weighted by Crippen LogP contribution is 2.26. The molecule has 0 unspecified atom stereocenters. The highest BCUT2D eigenvalue weighted by atomic mass is 35.5. The summed E-state index contributed by atoms with van der Waals surface area (Å²) in [6.45, 7) is 1.29. The molecule has 0 atom stereocenters. The number of nitrogens with zero attached hydrogens (tertiary/aromatic N) is 3. The van der Waals surface area contributed by atoms with Crippen LogP contribution in [0.1, 0.15) is 10.5 Å². The summed E-state index contributed by atoms with van der Waals surface area (Å²) in [6.07, 6.45) is 0. The molecule has 0 saturated carbocycles. The normalized spacial score (nSPS) is 10.9. The molecule has 0 bridgehead atoms. The summed E-state index contributed by atoms with van der Waals surface area (Å²) in [7, 11) is 5.54. The Morgan fingerprint density at radius 1 is 1.18 bits per heavy atom. The number of methoxy groups -OCH3 is 1. The van der Waals surface area contributed by atoms with Gasteiger partial charge in [-0.2, -0.15) is 5.10 Å². The Labute approximate surface area is 169 Å². The molecule has 3 aromatic rings. The SMILES string of the molecule is COc1ccc(-c2cc(C(=O)NCCN(C)C)n(-c3ccccc3Cl)n2)cc1. The average Bonchev–Trinajstić information content (AvgIpc) is 3.13. The first-order valence-corrected chi connectivity index (χ1v) is 9.29. The number of carbonyl (C=O) groups excluding carboxylic acids is 1. The number of nitrogens with one attached hydrogen (secondary N) is 1. The fraction of sp³-hybridized carbons (Fsp3) is 0.238. The van der Waals surface area contributed by atoms with E-state index in [1.165, 1.54) is 0 Å². The largest absolute Gasteiger partial charge is 0.497 e. The van der Waals surface area contributed by atoms with E-state index in [1.807, 2.05) is 61.5 Å². The average molecular weight is 399 g/mol. The van der Waals surface area contributed by atoms with Crippen molar-refractivity contribution in [3.05, 3.63) is 65.3 Å². The van der Waals surface area contributed by atoms with E-state index in [1.54, 1.807) is 23.9 Å². The Bertz CT molecular complexity index is 951. The van der Waals surface area contributed by atoms with E-state index >= 15 is 0 Å². The second-order valence-corrected chi connectivity index (χ2v) is 6.97. The lowest BCUT2D eigenvalue weighted by atomic mass is 10.1. The second kappa shape index (κ2) is 8.91. The molecule has 0 aliphatic heterocycles. The molecular weight excluding hydrogens is 376 g/mol. The fourth-order valence-corrected chi connectivity index (χ4v) is 2.95. The van der Waals surface area contributed by atoms with E-state index in [2.05, 4.69) is 10.4 Å². The predicted octanol–water partition coefficient (Wildman–Crippen LogP) is 3.49. The number of carbonyl (C=O) groups is 1. The first-order valence-electron chi connectivity index (χ1n) is 8.92. The molecule has 1 aromatic heterocycles. The number of amides is 1. The van der Waals surface area contributed by atoms with Crippen LogP contribution >= 0.6 is 11.6 Å². The molecule has 146 valence electrons. The molecule has 28 heavy (non-hydrogen) atoms. The molecule has 2 aromatic carbocycles. The number of halogens is 1. The Morgan fingerprint density at radius 3 is 2.54 bits per heavy atom. The number of hydrogen-bond donors (Lipinski definition) is 1. The molecule has 0 saturated heterocycles. The van der Waals surface area contributed by atoms with Crippen molar-refractivity contribution >= 4 is 17.5 Å². The predicted molar refractivity (Wildman–Crippen MR) is 111 cm³/mol. The third kappa shape index (κ3) is 4.52. The van der Waals surface area contributed by atoms with Crippen LogP contribution in [0.2, 0.25) is 5.02 Å². The van der Waals surface area contributed by atoms with Gasteiger partial charge in [-0.15, -0.1) is 0 Å². The summed E-state index contributed by atoms with van der Waals surface area (Å²) in [5.74, 6) is 0.560. The molecule has 6 nitrogen and oxygen atoms in total. The number of para-hydroxylation sites is 1. The molecule has 7 heteroatoms. The van der Waals surface area contributed by atoms with Crippen molar-refractivity contribution < 1.29 is 9.53 Å². The molecule has 3 rings (SSSR count). The first-order chi connectivity index (χ1) is 13.5. The van der Waals surface area contributed by atoms with Gasteiger partial charge in [0.05, 0.1) is 23.5 Å². The van der Waals surface area contributed by atoms with Crippen molar-refractivity contribution in [1.82, 2.24) is 20.0 Å². The molecule has 0 aliphatic carbocycles. The van der Waals surface area contributed by atoms with E-state index in [9.17, 15) is 4.79 Å². The van der Waals surface area contributed by atoms with Gasteiger partial charge in [0, 0.05) is 18.7 Å². The van der Waals surface area contributed by atoms with Gasteiger partial charge in [0.15, 0.2) is 0 Å². The minimum absolute atomic E-state index is 0.200. The van der Waals surface area contributed by atoms with Crippen LogP contribution in [0.3, 0.4) is 0 Å². The van der Waals surface area contributed by atoms with Crippen molar-refractivity contribution in [2.24, 2.45) is 0 Å². The summed E-state index contributed by atoms with van der Waals surface area (Å²) in [5, 5.41) is 8.11. The van der Waals surface area contributed by atoms with Gasteiger partial charge in [-0.1, -0.05) is 23.7 Å². The van der Waals surface area contributed by atoms with Crippen LogP contribution in [-0.4, -0.2) is 54.9 Å². The summed E-state index contributed by atoms with van der Waals surface area (Å²) >= 11 is 6.36. The lowest BCUT2D eigenvalue weighted by molar-refractivity contribution is 0.0943. The zero-order valence-electron chi connectivity index (χ0n) is 16.1. The van der Waals surface area contributed by atoms with Crippen LogP contribution in [0.15, 0.2) is 54.6 Å². The van der Waals surface area contributed by atoms with Crippen molar-refractivity contribution in [3.63, 3.8) is 0 Å². The molecular formula is C21H23ClN4O2. The van der Waals surface area contributed by atoms with E-state index in [0.717, 1.165) is 17.9 Å². The monoisotopic (exact) mass is 398 g/mol. The molecule has 1 heterocycles. The zero-order valence-corrected chi connectivity index (χ0v) is 16.9. The lowest BCUT2D eigenvalue weighted by Crippen LogP contribution is -2.32. The summed E-state index contributed by atoms with van der Waals surface area (Å²) in [5.41, 5.74) is 2.65. The maximum atomic E-state index is 12.8. The van der Waals surface area contributed by atoms with Crippen LogP contribution < -0.4 is 10.1 Å². The third-order valence-corrected chi connectivity index (χ3v) is 4.57. The summed E-state index contributed by atoms with van der Waals surface area (Å²) < 4.78 is 6.80. The molecule has 0 radical (unpaired) electrons. The number of likely N-dealkylation sites (N-methyl/N-ethyl adjacent to an activating group) is 1. The van der Waals surface area contributed by atoms with Gasteiger partial charge in [0.1, 0.15) is 11.4 Å². The molecule has 0 spiro atoms. The molecule has 1 amide bonds. The fourth-order valence-electron chi connectivity index (χ4n) is 2.74. The van der Waals surface area contributed by atoms with Crippen LogP contribution in [-0.2, 0) is 0 Å². The maximum absolute atomic E-state index is 12.8. The quantitative estimate of drug-likeness (QED) is 0.661. The van der Waals surface area contributed by atoms with Crippen LogP contribution in [0.25, 0.3) is 16.9 Å². The van der Waals surface area contributed by atoms with E-state index in [-0.39, 0.29) is 5.91 Å². The second-order valence-electron chi connectivity index (χ2n) is 6.57. The van der Waals surface area contributed by atoms with Crippen molar-refractivity contribution in [1.29, 1.82) is 0 Å².